The summed E-state index contributed by atoms with van der Waals surface area (Å²) in [7, 11) is -4.05. The van der Waals surface area contributed by atoms with Crippen molar-refractivity contribution in [3.05, 3.63) is 66.2 Å². The molecule has 0 amide bonds. The van der Waals surface area contributed by atoms with Gasteiger partial charge in [-0.15, -0.1) is 0 Å². The molecule has 45 heavy (non-hydrogen) atoms. The van der Waals surface area contributed by atoms with E-state index in [0.29, 0.717) is 30.1 Å². The molecule has 3 heterocycles. The molecule has 1 saturated heterocycles. The zero-order valence-electron chi connectivity index (χ0n) is 28.5. The molecule has 240 valence electrons. The van der Waals surface area contributed by atoms with Gasteiger partial charge in [-0.05, 0) is 77.1 Å². The Hall–Kier alpha value is -2.90. The van der Waals surface area contributed by atoms with Gasteiger partial charge < -0.3 is 18.3 Å². The number of hydrogen-bond acceptors (Lipinski definition) is 7. The fraction of sp³-hybridized carbons (Fsp3) is 0.514. The first-order chi connectivity index (χ1) is 21.0. The highest BCUT2D eigenvalue weighted by Gasteiger charge is 2.47. The first-order valence-electron chi connectivity index (χ1n) is 16.1. The molecule has 1 aliphatic carbocycles. The Balaban J connectivity index is 1.25. The van der Waals surface area contributed by atoms with Crippen LogP contribution >= 0.6 is 0 Å². The third-order valence-corrected chi connectivity index (χ3v) is 19.5. The van der Waals surface area contributed by atoms with E-state index in [-0.39, 0.29) is 28.5 Å². The number of imidazole rings is 1. The summed E-state index contributed by atoms with van der Waals surface area (Å²) in [5, 5.41) is 0.189. The molecule has 3 atom stereocenters. The standard InChI is InChI=1S/C35H48N4O4Si2/c1-34(2,3)44(7,8)40-20-29-28(43-45(9,10)35(4,5)6)19-30(42-29)39-22-38-31-32(39)36-21-37-33(31)41-25-15-16-27-24(18-25)17-23-13-11-12-14-26(23)27/h11-16,18,21-22,28-30H,17,19-20H2,1-10H3/t28-,29+,30+/m0/s1. The van der Waals surface area contributed by atoms with E-state index in [4.69, 9.17) is 23.3 Å². The van der Waals surface area contributed by atoms with E-state index >= 15 is 0 Å². The van der Waals surface area contributed by atoms with Gasteiger partial charge in [-0.2, -0.15) is 4.98 Å². The maximum atomic E-state index is 6.99. The van der Waals surface area contributed by atoms with Crippen LogP contribution in [0.1, 0.15) is 65.3 Å². The van der Waals surface area contributed by atoms with Gasteiger partial charge in [-0.25, -0.2) is 9.97 Å². The molecule has 8 nitrogen and oxygen atoms in total. The van der Waals surface area contributed by atoms with Crippen LogP contribution in [0.4, 0.5) is 0 Å². The Morgan fingerprint density at radius 2 is 1.58 bits per heavy atom. The van der Waals surface area contributed by atoms with Gasteiger partial charge in [0.05, 0.1) is 19.0 Å². The molecule has 0 unspecified atom stereocenters. The fourth-order valence-electron chi connectivity index (χ4n) is 5.62. The molecule has 0 bridgehead atoms. The molecule has 6 rings (SSSR count). The first kappa shape index (κ1) is 32.1. The third kappa shape index (κ3) is 6.15. The van der Waals surface area contributed by atoms with Gasteiger partial charge in [0.15, 0.2) is 27.8 Å². The van der Waals surface area contributed by atoms with Crippen LogP contribution in [0.2, 0.25) is 36.3 Å². The van der Waals surface area contributed by atoms with E-state index < -0.39 is 16.6 Å². The van der Waals surface area contributed by atoms with E-state index in [9.17, 15) is 0 Å². The average molecular weight is 645 g/mol. The van der Waals surface area contributed by atoms with Gasteiger partial charge in [-0.3, -0.25) is 4.57 Å². The van der Waals surface area contributed by atoms with Crippen molar-refractivity contribution in [2.75, 3.05) is 6.61 Å². The monoisotopic (exact) mass is 644 g/mol. The molecule has 2 aliphatic rings. The van der Waals surface area contributed by atoms with Crippen molar-refractivity contribution in [3.63, 3.8) is 0 Å². The van der Waals surface area contributed by atoms with Crippen molar-refractivity contribution in [3.8, 4) is 22.8 Å². The lowest BCUT2D eigenvalue weighted by atomic mass is 10.1. The van der Waals surface area contributed by atoms with E-state index in [1.54, 1.807) is 6.33 Å². The molecule has 2 aromatic carbocycles. The SMILES string of the molecule is CC(C)(C)[Si](C)(C)OC[C@H]1O[C@@H](n2cnc3c(Oc4ccc5c(c4)Cc4ccccc4-5)ncnc32)C[C@@H]1O[Si](C)(C)C(C)(C)C. The molecule has 1 aliphatic heterocycles. The highest BCUT2D eigenvalue weighted by Crippen LogP contribution is 2.44. The lowest BCUT2D eigenvalue weighted by molar-refractivity contribution is -0.0383. The smallest absolute Gasteiger partial charge is 0.250 e. The Morgan fingerprint density at radius 1 is 0.867 bits per heavy atom. The molecular weight excluding hydrogens is 597 g/mol. The van der Waals surface area contributed by atoms with Gasteiger partial charge in [0.25, 0.3) is 5.88 Å². The summed E-state index contributed by atoms with van der Waals surface area (Å²) < 4.78 is 28.8. The van der Waals surface area contributed by atoms with Crippen molar-refractivity contribution in [1.82, 2.24) is 19.5 Å². The number of nitrogens with zero attached hydrogens (tertiary/aromatic N) is 4. The average Bonchev–Trinajstić information content (AvgIpc) is 3.65. The molecule has 2 aromatic heterocycles. The van der Waals surface area contributed by atoms with Crippen LogP contribution in [0.15, 0.2) is 55.1 Å². The predicted molar refractivity (Wildman–Crippen MR) is 184 cm³/mol. The van der Waals surface area contributed by atoms with Gasteiger partial charge >= 0.3 is 0 Å². The molecule has 1 fully saturated rings. The Morgan fingerprint density at radius 3 is 2.31 bits per heavy atom. The second-order valence-corrected chi connectivity index (χ2v) is 25.2. The third-order valence-electron chi connectivity index (χ3n) is 10.5. The number of hydrogen-bond donors (Lipinski definition) is 0. The molecular formula is C35H48N4O4Si2. The summed E-state index contributed by atoms with van der Waals surface area (Å²) in [6.07, 6.45) is 4.34. The Bertz CT molecular complexity index is 1710. The maximum Gasteiger partial charge on any atom is 0.250 e. The van der Waals surface area contributed by atoms with E-state index in [0.717, 1.165) is 12.2 Å². The lowest BCUT2D eigenvalue weighted by Crippen LogP contribution is -2.48. The van der Waals surface area contributed by atoms with Crippen LogP contribution in [0.5, 0.6) is 11.6 Å². The number of rotatable bonds is 8. The summed E-state index contributed by atoms with van der Waals surface area (Å²) in [5.74, 6) is 1.16. The summed E-state index contributed by atoms with van der Waals surface area (Å²) in [6, 6.07) is 14.8. The molecule has 10 heteroatoms. The highest BCUT2D eigenvalue weighted by atomic mass is 28.4. The van der Waals surface area contributed by atoms with Gasteiger partial charge in [-0.1, -0.05) is 71.9 Å². The van der Waals surface area contributed by atoms with Crippen LogP contribution in [0.25, 0.3) is 22.3 Å². The Labute approximate surface area is 269 Å². The summed E-state index contributed by atoms with van der Waals surface area (Å²) in [6.45, 7) is 23.3. The summed E-state index contributed by atoms with van der Waals surface area (Å²) in [4.78, 5) is 13.8. The molecule has 0 saturated carbocycles. The number of benzene rings is 2. The maximum absolute atomic E-state index is 6.99. The van der Waals surface area contributed by atoms with E-state index in [1.165, 1.54) is 28.6 Å². The zero-order chi connectivity index (χ0) is 32.4. The van der Waals surface area contributed by atoms with Gasteiger partial charge in [0, 0.05) is 6.42 Å². The van der Waals surface area contributed by atoms with Crippen molar-refractivity contribution >= 4 is 27.8 Å². The second-order valence-electron chi connectivity index (χ2n) is 15.6. The normalized spacial score (nSPS) is 20.4. The van der Waals surface area contributed by atoms with Crippen LogP contribution in [-0.4, -0.2) is 55.0 Å². The minimum absolute atomic E-state index is 0.0808. The number of ether oxygens (including phenoxy) is 2. The van der Waals surface area contributed by atoms with Gasteiger partial charge in [0.2, 0.25) is 0 Å². The quantitative estimate of drug-likeness (QED) is 0.156. The fourth-order valence-corrected chi connectivity index (χ4v) is 7.99. The highest BCUT2D eigenvalue weighted by molar-refractivity contribution is 6.74. The summed E-state index contributed by atoms with van der Waals surface area (Å²) in [5.41, 5.74) is 6.43. The summed E-state index contributed by atoms with van der Waals surface area (Å²) >= 11 is 0. The number of aromatic nitrogens is 4. The van der Waals surface area contributed by atoms with Crippen LogP contribution < -0.4 is 4.74 Å². The Kier molecular flexibility index (Phi) is 8.13. The van der Waals surface area contributed by atoms with Crippen molar-refractivity contribution in [2.45, 2.75) is 109 Å². The van der Waals surface area contributed by atoms with Crippen molar-refractivity contribution < 1.29 is 18.3 Å². The van der Waals surface area contributed by atoms with Crippen molar-refractivity contribution in [1.29, 1.82) is 0 Å². The second kappa shape index (κ2) is 11.4. The van der Waals surface area contributed by atoms with E-state index in [2.05, 4.69) is 114 Å². The van der Waals surface area contributed by atoms with Crippen LogP contribution in [0, 0.1) is 0 Å². The topological polar surface area (TPSA) is 80.5 Å². The predicted octanol–water partition coefficient (Wildman–Crippen LogP) is 8.89. The minimum atomic E-state index is -2.07. The van der Waals surface area contributed by atoms with E-state index in [1.807, 2.05) is 10.6 Å². The largest absolute Gasteiger partial charge is 0.437 e. The molecule has 0 radical (unpaired) electrons. The molecule has 4 aromatic rings. The van der Waals surface area contributed by atoms with Gasteiger partial charge in [0.1, 0.15) is 24.4 Å². The first-order valence-corrected chi connectivity index (χ1v) is 21.9. The van der Waals surface area contributed by atoms with Crippen LogP contribution in [-0.2, 0) is 20.0 Å². The zero-order valence-corrected chi connectivity index (χ0v) is 30.5. The van der Waals surface area contributed by atoms with Crippen molar-refractivity contribution in [2.24, 2.45) is 0 Å². The number of fused-ring (bicyclic) bond motifs is 4. The lowest BCUT2D eigenvalue weighted by Gasteiger charge is -2.40. The molecule has 0 N–H and O–H groups in total. The minimum Gasteiger partial charge on any atom is -0.437 e. The molecule has 0 spiro atoms. The van der Waals surface area contributed by atoms with Crippen LogP contribution in [0.3, 0.4) is 0 Å².